The zero-order chi connectivity index (χ0) is 17.5. The minimum Gasteiger partial charge on any atom is -0.458 e. The van der Waals surface area contributed by atoms with Gasteiger partial charge in [0.05, 0.1) is 0 Å². The van der Waals surface area contributed by atoms with Crippen LogP contribution in [-0.2, 0) is 20.9 Å². The molecule has 0 radical (unpaired) electrons. The Balaban J connectivity index is 2.12. The number of benzene rings is 2. The van der Waals surface area contributed by atoms with E-state index in [1.54, 1.807) is 30.3 Å². The van der Waals surface area contributed by atoms with Crippen molar-refractivity contribution in [3.8, 4) is 16.9 Å². The molecule has 122 valence electrons. The van der Waals surface area contributed by atoms with Crippen LogP contribution in [0.1, 0.15) is 5.56 Å². The van der Waals surface area contributed by atoms with Crippen molar-refractivity contribution in [2.75, 3.05) is 0 Å². The molecule has 0 aliphatic rings. The zero-order valence-electron chi connectivity index (χ0n) is 12.8. The highest BCUT2D eigenvalue weighted by atomic mass is 19.1. The molecule has 0 fully saturated rings. The lowest BCUT2D eigenvalue weighted by molar-refractivity contribution is -0.139. The number of hydrogen-bond donors (Lipinski definition) is 0. The van der Waals surface area contributed by atoms with Crippen molar-refractivity contribution < 1.29 is 23.5 Å². The third-order valence-electron chi connectivity index (χ3n) is 3.14. The van der Waals surface area contributed by atoms with Gasteiger partial charge < -0.3 is 9.47 Å². The van der Waals surface area contributed by atoms with E-state index in [0.29, 0.717) is 5.56 Å². The Morgan fingerprint density at radius 3 is 2.17 bits per heavy atom. The monoisotopic (exact) mass is 326 g/mol. The predicted octanol–water partition coefficient (Wildman–Crippen LogP) is 3.81. The average molecular weight is 326 g/mol. The van der Waals surface area contributed by atoms with Crippen LogP contribution in [0.25, 0.3) is 11.1 Å². The molecule has 0 atom stereocenters. The SMILES string of the molecule is C=CC(=O)OCc1ccc(-c2ccc(OC(=O)C=C)c(F)c2)cc1. The van der Waals surface area contributed by atoms with E-state index in [1.807, 2.05) is 0 Å². The lowest BCUT2D eigenvalue weighted by atomic mass is 10.0. The van der Waals surface area contributed by atoms with Crippen molar-refractivity contribution in [1.29, 1.82) is 0 Å². The van der Waals surface area contributed by atoms with E-state index in [0.717, 1.165) is 23.3 Å². The van der Waals surface area contributed by atoms with E-state index in [-0.39, 0.29) is 12.4 Å². The Kier molecular flexibility index (Phi) is 5.63. The number of hydrogen-bond acceptors (Lipinski definition) is 4. The van der Waals surface area contributed by atoms with Crippen molar-refractivity contribution in [2.24, 2.45) is 0 Å². The molecular formula is C19H15FO4. The molecule has 24 heavy (non-hydrogen) atoms. The minimum absolute atomic E-state index is 0.135. The van der Waals surface area contributed by atoms with Crippen LogP contribution in [0, 0.1) is 5.82 Å². The molecule has 0 aromatic heterocycles. The summed E-state index contributed by atoms with van der Waals surface area (Å²) in [7, 11) is 0. The summed E-state index contributed by atoms with van der Waals surface area (Å²) in [4.78, 5) is 22.1. The van der Waals surface area contributed by atoms with Crippen molar-refractivity contribution in [1.82, 2.24) is 0 Å². The first-order valence-electron chi connectivity index (χ1n) is 7.06. The standard InChI is InChI=1S/C19H15FO4/c1-3-18(21)23-12-13-5-7-14(8-6-13)15-9-10-17(16(20)11-15)24-19(22)4-2/h3-11H,1-2,12H2. The molecule has 0 unspecified atom stereocenters. The Labute approximate surface area is 138 Å². The van der Waals surface area contributed by atoms with Crippen LogP contribution < -0.4 is 4.74 Å². The summed E-state index contributed by atoms with van der Waals surface area (Å²) in [5.74, 6) is -2.02. The van der Waals surface area contributed by atoms with E-state index in [4.69, 9.17) is 9.47 Å². The molecule has 2 aromatic rings. The fourth-order valence-electron chi connectivity index (χ4n) is 1.92. The second-order valence-electron chi connectivity index (χ2n) is 4.78. The molecule has 0 amide bonds. The fourth-order valence-corrected chi connectivity index (χ4v) is 1.92. The molecule has 0 heterocycles. The third kappa shape index (κ3) is 4.39. The number of carbonyl (C=O) groups excluding carboxylic acids is 2. The largest absolute Gasteiger partial charge is 0.458 e. The maximum absolute atomic E-state index is 14.0. The van der Waals surface area contributed by atoms with Gasteiger partial charge in [-0.2, -0.15) is 0 Å². The van der Waals surface area contributed by atoms with Crippen LogP contribution in [0.15, 0.2) is 67.8 Å². The molecule has 0 saturated carbocycles. The van der Waals surface area contributed by atoms with Gasteiger partial charge in [0, 0.05) is 12.2 Å². The number of ether oxygens (including phenoxy) is 2. The molecule has 0 spiro atoms. The number of rotatable bonds is 6. The number of esters is 2. The van der Waals surface area contributed by atoms with Gasteiger partial charge >= 0.3 is 11.9 Å². The molecule has 0 bridgehead atoms. The third-order valence-corrected chi connectivity index (χ3v) is 3.14. The molecule has 0 N–H and O–H groups in total. The highest BCUT2D eigenvalue weighted by molar-refractivity contribution is 5.83. The first-order chi connectivity index (χ1) is 11.5. The maximum Gasteiger partial charge on any atom is 0.335 e. The smallest absolute Gasteiger partial charge is 0.335 e. The number of halogens is 1. The van der Waals surface area contributed by atoms with E-state index in [2.05, 4.69) is 13.2 Å². The molecular weight excluding hydrogens is 311 g/mol. The van der Waals surface area contributed by atoms with E-state index in [9.17, 15) is 14.0 Å². The second-order valence-corrected chi connectivity index (χ2v) is 4.78. The first kappa shape index (κ1) is 17.1. The second kappa shape index (κ2) is 7.87. The van der Waals surface area contributed by atoms with Crippen molar-refractivity contribution in [3.05, 3.63) is 79.2 Å². The van der Waals surface area contributed by atoms with Crippen molar-refractivity contribution in [2.45, 2.75) is 6.61 Å². The normalized spacial score (nSPS) is 9.88. The molecule has 2 aromatic carbocycles. The topological polar surface area (TPSA) is 52.6 Å². The maximum atomic E-state index is 14.0. The summed E-state index contributed by atoms with van der Waals surface area (Å²) < 4.78 is 23.7. The van der Waals surface area contributed by atoms with E-state index >= 15 is 0 Å². The van der Waals surface area contributed by atoms with Crippen LogP contribution in [0.4, 0.5) is 4.39 Å². The fraction of sp³-hybridized carbons (Fsp3) is 0.0526. The van der Waals surface area contributed by atoms with Crippen LogP contribution in [0.2, 0.25) is 0 Å². The van der Waals surface area contributed by atoms with Gasteiger partial charge in [-0.05, 0) is 28.8 Å². The Morgan fingerprint density at radius 2 is 1.58 bits per heavy atom. The minimum atomic E-state index is -0.722. The van der Waals surface area contributed by atoms with Crippen molar-refractivity contribution >= 4 is 11.9 Å². The lowest BCUT2D eigenvalue weighted by Crippen LogP contribution is -2.04. The Bertz CT molecular complexity index is 778. The van der Waals surface area contributed by atoms with Gasteiger partial charge in [-0.25, -0.2) is 14.0 Å². The quantitative estimate of drug-likeness (QED) is 0.460. The average Bonchev–Trinajstić information content (AvgIpc) is 2.61. The summed E-state index contributed by atoms with van der Waals surface area (Å²) in [5.41, 5.74) is 2.20. The summed E-state index contributed by atoms with van der Waals surface area (Å²) in [5, 5.41) is 0. The summed E-state index contributed by atoms with van der Waals surface area (Å²) in [6.07, 6.45) is 2.06. The lowest BCUT2D eigenvalue weighted by Gasteiger charge is -2.07. The van der Waals surface area contributed by atoms with Gasteiger partial charge in [0.2, 0.25) is 0 Å². The molecule has 5 heteroatoms. The zero-order valence-corrected chi connectivity index (χ0v) is 12.8. The Morgan fingerprint density at radius 1 is 0.958 bits per heavy atom. The Hall–Kier alpha value is -3.21. The van der Waals surface area contributed by atoms with Crippen LogP contribution in [-0.4, -0.2) is 11.9 Å². The highest BCUT2D eigenvalue weighted by Gasteiger charge is 2.09. The van der Waals surface area contributed by atoms with Gasteiger partial charge in [-0.3, -0.25) is 0 Å². The molecule has 2 rings (SSSR count). The summed E-state index contributed by atoms with van der Waals surface area (Å²) >= 11 is 0. The van der Waals surface area contributed by atoms with Gasteiger partial charge in [-0.15, -0.1) is 0 Å². The van der Waals surface area contributed by atoms with E-state index in [1.165, 1.54) is 12.1 Å². The molecule has 0 saturated heterocycles. The number of carbonyl (C=O) groups is 2. The van der Waals surface area contributed by atoms with Crippen LogP contribution in [0.5, 0.6) is 5.75 Å². The predicted molar refractivity (Wildman–Crippen MR) is 87.7 cm³/mol. The first-order valence-corrected chi connectivity index (χ1v) is 7.06. The van der Waals surface area contributed by atoms with Crippen LogP contribution in [0.3, 0.4) is 0 Å². The molecule has 0 aliphatic carbocycles. The van der Waals surface area contributed by atoms with Crippen LogP contribution >= 0.6 is 0 Å². The molecule has 4 nitrogen and oxygen atoms in total. The van der Waals surface area contributed by atoms with Gasteiger partial charge in [0.15, 0.2) is 11.6 Å². The van der Waals surface area contributed by atoms with Gasteiger partial charge in [0.25, 0.3) is 0 Å². The highest BCUT2D eigenvalue weighted by Crippen LogP contribution is 2.26. The summed E-state index contributed by atoms with van der Waals surface area (Å²) in [6, 6.07) is 11.4. The van der Waals surface area contributed by atoms with Gasteiger partial charge in [-0.1, -0.05) is 43.5 Å². The van der Waals surface area contributed by atoms with Gasteiger partial charge in [0.1, 0.15) is 6.61 Å². The van der Waals surface area contributed by atoms with Crippen molar-refractivity contribution in [3.63, 3.8) is 0 Å². The van der Waals surface area contributed by atoms with E-state index < -0.39 is 17.8 Å². The molecule has 0 aliphatic heterocycles. The summed E-state index contributed by atoms with van der Waals surface area (Å²) in [6.45, 7) is 6.71.